The summed E-state index contributed by atoms with van der Waals surface area (Å²) in [4.78, 5) is 55.5. The highest BCUT2D eigenvalue weighted by molar-refractivity contribution is 8.03. The van der Waals surface area contributed by atoms with Crippen molar-refractivity contribution in [3.8, 4) is 0 Å². The molecule has 1 atom stereocenters. The van der Waals surface area contributed by atoms with Crippen molar-refractivity contribution in [2.45, 2.75) is 6.92 Å². The Hall–Kier alpha value is -3.31. The zero-order valence-corrected chi connectivity index (χ0v) is 19.6. The smallest absolute Gasteiger partial charge is 0.445 e. The number of urea groups is 1. The third kappa shape index (κ3) is 5.20. The molecule has 0 aliphatic carbocycles. The van der Waals surface area contributed by atoms with Gasteiger partial charge in [-0.3, -0.25) is 9.59 Å². The maximum absolute atomic E-state index is 12.9. The molecular formula is C22H25N4O6S+. The predicted molar refractivity (Wildman–Crippen MR) is 124 cm³/mol. The molecule has 0 fully saturated rings. The lowest BCUT2D eigenvalue weighted by Crippen LogP contribution is -2.53. The average molecular weight is 474 g/mol. The summed E-state index contributed by atoms with van der Waals surface area (Å²) in [5, 5.41) is 2.77. The van der Waals surface area contributed by atoms with Crippen molar-refractivity contribution in [2.24, 2.45) is 10.9 Å². The minimum atomic E-state index is -0.783. The van der Waals surface area contributed by atoms with Crippen LogP contribution in [0, 0.1) is 5.92 Å². The number of hydrogen-bond acceptors (Lipinski definition) is 8. The molecular weight excluding hydrogens is 448 g/mol. The molecule has 1 unspecified atom stereocenters. The highest BCUT2D eigenvalue weighted by Crippen LogP contribution is 2.34. The van der Waals surface area contributed by atoms with Gasteiger partial charge in [0.1, 0.15) is 6.21 Å². The van der Waals surface area contributed by atoms with E-state index in [1.165, 1.54) is 30.5 Å². The van der Waals surface area contributed by atoms with Crippen molar-refractivity contribution >= 4 is 53.3 Å². The average Bonchev–Trinajstić information content (AvgIpc) is 2.81. The summed E-state index contributed by atoms with van der Waals surface area (Å²) in [5.74, 6) is -1.57. The standard InChI is InChI=1S/C22H24N4O6S/c1-5-32-21(29)13-6-8-15(9-7-13)24-16(27)12-33-18-14(11-31-4)10-23-19-17(18)20(28)26(3)22(30)25(19)2/h6-10,17H,5,11-12H2,1-4H3/p+1. The summed E-state index contributed by atoms with van der Waals surface area (Å²) in [7, 11) is 4.50. The number of esters is 1. The maximum Gasteiger partial charge on any atom is 0.445 e. The molecule has 1 aromatic rings. The lowest BCUT2D eigenvalue weighted by Gasteiger charge is -2.28. The van der Waals surface area contributed by atoms with Gasteiger partial charge >= 0.3 is 17.9 Å². The van der Waals surface area contributed by atoms with Gasteiger partial charge in [-0.2, -0.15) is 9.48 Å². The highest BCUT2D eigenvalue weighted by Gasteiger charge is 2.48. The number of imide groups is 1. The second-order valence-corrected chi connectivity index (χ2v) is 8.26. The molecule has 0 saturated carbocycles. The summed E-state index contributed by atoms with van der Waals surface area (Å²) in [6, 6.07) is 5.91. The van der Waals surface area contributed by atoms with Crippen molar-refractivity contribution in [3.05, 3.63) is 40.3 Å². The third-order valence-electron chi connectivity index (χ3n) is 5.02. The second-order valence-electron chi connectivity index (χ2n) is 7.25. The highest BCUT2D eigenvalue weighted by atomic mass is 32.2. The Kier molecular flexibility index (Phi) is 7.77. The number of dihydropyridines is 1. The van der Waals surface area contributed by atoms with Gasteiger partial charge in [0.15, 0.2) is 5.92 Å². The van der Waals surface area contributed by atoms with E-state index in [9.17, 15) is 19.2 Å². The Balaban J connectivity index is 1.74. The first-order valence-electron chi connectivity index (χ1n) is 10.2. The minimum absolute atomic E-state index is 0.0223. The Morgan fingerprint density at radius 3 is 2.58 bits per heavy atom. The van der Waals surface area contributed by atoms with Crippen LogP contribution < -0.4 is 5.32 Å². The van der Waals surface area contributed by atoms with Crippen LogP contribution in [-0.4, -0.2) is 85.5 Å². The van der Waals surface area contributed by atoms with E-state index in [1.54, 1.807) is 44.5 Å². The van der Waals surface area contributed by atoms with Gasteiger partial charge in [0.25, 0.3) is 5.84 Å². The van der Waals surface area contributed by atoms with E-state index in [1.807, 2.05) is 0 Å². The number of rotatable bonds is 8. The number of carbonyl (C=O) groups is 4. The van der Waals surface area contributed by atoms with Crippen LogP contribution in [0.4, 0.5) is 10.5 Å². The number of nitrogens with zero attached hydrogens (tertiary/aromatic N) is 3. The zero-order chi connectivity index (χ0) is 24.1. The van der Waals surface area contributed by atoms with Crippen molar-refractivity contribution in [3.63, 3.8) is 0 Å². The van der Waals surface area contributed by atoms with Crippen LogP contribution in [0.15, 0.2) is 39.7 Å². The molecule has 0 radical (unpaired) electrons. The molecule has 1 aromatic carbocycles. The molecule has 11 heteroatoms. The lowest BCUT2D eigenvalue weighted by molar-refractivity contribution is -0.407. The monoisotopic (exact) mass is 473 g/mol. The summed E-state index contributed by atoms with van der Waals surface area (Å²) in [6.07, 6.45) is 1.56. The molecule has 2 aliphatic heterocycles. The zero-order valence-electron chi connectivity index (χ0n) is 18.8. The third-order valence-corrected chi connectivity index (χ3v) is 6.24. The number of carbonyl (C=O) groups excluding carboxylic acids is 4. The molecule has 10 nitrogen and oxygen atoms in total. The number of methoxy groups -OCH3 is 1. The van der Waals surface area contributed by atoms with Gasteiger partial charge in [-0.05, 0) is 31.2 Å². The summed E-state index contributed by atoms with van der Waals surface area (Å²) < 4.78 is 11.5. The molecule has 3 rings (SSSR count). The Labute approximate surface area is 195 Å². The molecule has 0 aromatic heterocycles. The largest absolute Gasteiger partial charge is 0.462 e. The normalized spacial score (nSPS) is 17.9. The Bertz CT molecular complexity index is 1080. The van der Waals surface area contributed by atoms with Gasteiger partial charge in [0.2, 0.25) is 5.91 Å². The summed E-state index contributed by atoms with van der Waals surface area (Å²) >= 11 is 1.20. The second kappa shape index (κ2) is 10.5. The van der Waals surface area contributed by atoms with E-state index in [0.29, 0.717) is 27.6 Å². The molecule has 4 amide bonds. The first kappa shape index (κ1) is 24.3. The van der Waals surface area contributed by atoms with Gasteiger partial charge in [0.05, 0.1) is 38.6 Å². The quantitative estimate of drug-likeness (QED) is 0.452. The van der Waals surface area contributed by atoms with E-state index in [0.717, 1.165) is 4.90 Å². The number of aliphatic imine (C=N–C) groups is 1. The molecule has 2 aliphatic rings. The van der Waals surface area contributed by atoms with Crippen LogP contribution in [0.2, 0.25) is 0 Å². The number of fused-ring (bicyclic) bond motifs is 1. The van der Waals surface area contributed by atoms with Crippen LogP contribution in [0.3, 0.4) is 0 Å². The SMILES string of the molecule is CCOC(=O)c1ccc(NC(=O)CSC2=C(COC)C=NC3=[N+](C)C(=O)N(C)C(=O)C23)cc1. The molecule has 33 heavy (non-hydrogen) atoms. The van der Waals surface area contributed by atoms with Crippen LogP contribution in [0.5, 0.6) is 0 Å². The molecule has 0 bridgehead atoms. The number of benzene rings is 1. The van der Waals surface area contributed by atoms with Gasteiger partial charge in [0, 0.05) is 23.3 Å². The van der Waals surface area contributed by atoms with E-state index in [-0.39, 0.29) is 24.9 Å². The van der Waals surface area contributed by atoms with Gasteiger partial charge in [-0.15, -0.1) is 16.8 Å². The van der Waals surface area contributed by atoms with Crippen molar-refractivity contribution in [1.82, 2.24) is 4.90 Å². The fourth-order valence-corrected chi connectivity index (χ4v) is 4.41. The number of nitrogens with one attached hydrogen (secondary N) is 1. The van der Waals surface area contributed by atoms with Crippen molar-refractivity contribution in [2.75, 3.05) is 45.5 Å². The number of amides is 4. The molecule has 1 N–H and O–H groups in total. The van der Waals surface area contributed by atoms with Crippen LogP contribution in [0.25, 0.3) is 0 Å². The summed E-state index contributed by atoms with van der Waals surface area (Å²) in [6.45, 7) is 2.22. The van der Waals surface area contributed by atoms with E-state index >= 15 is 0 Å². The Morgan fingerprint density at radius 1 is 1.24 bits per heavy atom. The minimum Gasteiger partial charge on any atom is -0.462 e. The Morgan fingerprint density at radius 2 is 1.94 bits per heavy atom. The van der Waals surface area contributed by atoms with E-state index in [2.05, 4.69) is 10.3 Å². The van der Waals surface area contributed by atoms with E-state index < -0.39 is 23.8 Å². The van der Waals surface area contributed by atoms with Gasteiger partial charge < -0.3 is 14.8 Å². The lowest BCUT2D eigenvalue weighted by atomic mass is 9.98. The fraction of sp³-hybridized carbons (Fsp3) is 0.364. The first-order chi connectivity index (χ1) is 15.8. The number of anilines is 1. The van der Waals surface area contributed by atoms with E-state index in [4.69, 9.17) is 9.47 Å². The van der Waals surface area contributed by atoms with Crippen molar-refractivity contribution < 1.29 is 33.2 Å². The molecule has 174 valence electrons. The van der Waals surface area contributed by atoms with Gasteiger partial charge in [-0.1, -0.05) is 0 Å². The predicted octanol–water partition coefficient (Wildman–Crippen LogP) is 1.77. The van der Waals surface area contributed by atoms with Crippen molar-refractivity contribution in [1.29, 1.82) is 0 Å². The molecule has 2 heterocycles. The number of thioether (sulfide) groups is 1. The maximum atomic E-state index is 12.9. The first-order valence-corrected chi connectivity index (χ1v) is 11.1. The van der Waals surface area contributed by atoms with Crippen LogP contribution >= 0.6 is 11.8 Å². The molecule has 0 spiro atoms. The van der Waals surface area contributed by atoms with Gasteiger partial charge in [-0.25, -0.2) is 9.59 Å². The molecule has 0 saturated heterocycles. The number of hydrogen-bond donors (Lipinski definition) is 1. The summed E-state index contributed by atoms with van der Waals surface area (Å²) in [5.41, 5.74) is 1.59. The number of ether oxygens (including phenoxy) is 2. The topological polar surface area (TPSA) is 117 Å². The van der Waals surface area contributed by atoms with Crippen LogP contribution in [0.1, 0.15) is 17.3 Å². The fourth-order valence-electron chi connectivity index (χ4n) is 3.38. The number of amidine groups is 1. The van der Waals surface area contributed by atoms with Crippen LogP contribution in [-0.2, 0) is 19.1 Å².